The van der Waals surface area contributed by atoms with E-state index in [0.29, 0.717) is 0 Å². The minimum absolute atomic E-state index is 1.22. The van der Waals surface area contributed by atoms with Crippen LogP contribution in [0.4, 0.5) is 0 Å². The van der Waals surface area contributed by atoms with Crippen LogP contribution in [0, 0.1) is 0 Å². The second kappa shape index (κ2) is 12.9. The van der Waals surface area contributed by atoms with E-state index in [-0.39, 0.29) is 0 Å². The van der Waals surface area contributed by atoms with Gasteiger partial charge in [-0.05, 0) is 162 Å². The van der Waals surface area contributed by atoms with Crippen LogP contribution in [0.3, 0.4) is 0 Å². The van der Waals surface area contributed by atoms with Gasteiger partial charge in [0.2, 0.25) is 0 Å². The molecule has 13 rings (SSSR count). The molecule has 11 aromatic rings. The zero-order valence-electron chi connectivity index (χ0n) is 32.8. The molecule has 11 aromatic carbocycles. The molecular formula is C60H36. The van der Waals surface area contributed by atoms with Gasteiger partial charge in [-0.1, -0.05) is 188 Å². The van der Waals surface area contributed by atoms with Crippen LogP contribution < -0.4 is 0 Å². The number of fused-ring (bicyclic) bond motifs is 13. The summed E-state index contributed by atoms with van der Waals surface area (Å²) in [6, 6.07) is 81.4. The fraction of sp³-hybridized carbons (Fsp3) is 0. The molecule has 0 nitrogen and oxygen atoms in total. The predicted octanol–water partition coefficient (Wildman–Crippen LogP) is 16.0. The van der Waals surface area contributed by atoms with Crippen molar-refractivity contribution in [2.45, 2.75) is 0 Å². The third-order valence-corrected chi connectivity index (χ3v) is 13.1. The van der Waals surface area contributed by atoms with Gasteiger partial charge < -0.3 is 0 Å². The van der Waals surface area contributed by atoms with E-state index < -0.39 is 0 Å². The van der Waals surface area contributed by atoms with Crippen LogP contribution in [0.25, 0.3) is 92.5 Å². The van der Waals surface area contributed by atoms with Crippen molar-refractivity contribution in [1.82, 2.24) is 0 Å². The van der Waals surface area contributed by atoms with Crippen LogP contribution in [0.1, 0.15) is 33.4 Å². The van der Waals surface area contributed by atoms with Gasteiger partial charge in [-0.15, -0.1) is 0 Å². The largest absolute Gasteiger partial charge is 0.0622 e. The summed E-state index contributed by atoms with van der Waals surface area (Å²) in [6.45, 7) is 0. The first-order valence-corrected chi connectivity index (χ1v) is 20.9. The van der Waals surface area contributed by atoms with Crippen molar-refractivity contribution < 1.29 is 0 Å². The van der Waals surface area contributed by atoms with E-state index in [0.717, 1.165) is 0 Å². The highest BCUT2D eigenvalue weighted by molar-refractivity contribution is 6.40. The maximum atomic E-state index is 2.51. The maximum absolute atomic E-state index is 2.51. The normalized spacial score (nSPS) is 13.8. The lowest BCUT2D eigenvalue weighted by atomic mass is 9.85. The number of hydrogen-bond donors (Lipinski definition) is 0. The smallest absolute Gasteiger partial charge is 0.000137 e. The molecular weight excluding hydrogens is 721 g/mol. The molecule has 0 heterocycles. The van der Waals surface area contributed by atoms with Gasteiger partial charge in [-0.25, -0.2) is 0 Å². The SMILES string of the molecule is c1ccc(C2=C(c3ccccc3)C(c3ccc4ccc5ccccc5c4c3)=C3C2=C(c2ccccc2)c2cc4cc5c6ccccc6c6ccccc6c5cc4cc23)cc1. The molecule has 0 saturated carbocycles. The summed E-state index contributed by atoms with van der Waals surface area (Å²) in [4.78, 5) is 0. The van der Waals surface area contributed by atoms with Crippen LogP contribution in [-0.2, 0) is 0 Å². The molecule has 0 fully saturated rings. The number of allylic oxidation sites excluding steroid dienone is 5. The van der Waals surface area contributed by atoms with E-state index in [1.807, 2.05) is 0 Å². The van der Waals surface area contributed by atoms with E-state index in [4.69, 9.17) is 0 Å². The average Bonchev–Trinajstić information content (AvgIpc) is 3.83. The van der Waals surface area contributed by atoms with Crippen LogP contribution in [-0.4, -0.2) is 0 Å². The highest BCUT2D eigenvalue weighted by Crippen LogP contribution is 2.62. The third kappa shape index (κ3) is 4.79. The molecule has 0 radical (unpaired) electrons. The van der Waals surface area contributed by atoms with Crippen molar-refractivity contribution in [1.29, 1.82) is 0 Å². The Balaban J connectivity index is 1.21. The van der Waals surface area contributed by atoms with E-state index in [9.17, 15) is 0 Å². The summed E-state index contributed by atoms with van der Waals surface area (Å²) in [5.74, 6) is 0. The van der Waals surface area contributed by atoms with Gasteiger partial charge >= 0.3 is 0 Å². The molecule has 0 atom stereocenters. The first kappa shape index (κ1) is 33.2. The Morgan fingerprint density at radius 1 is 0.167 bits per heavy atom. The van der Waals surface area contributed by atoms with Gasteiger partial charge in [-0.2, -0.15) is 0 Å². The molecule has 0 aromatic heterocycles. The van der Waals surface area contributed by atoms with E-state index >= 15 is 0 Å². The summed E-state index contributed by atoms with van der Waals surface area (Å²) < 4.78 is 0. The second-order valence-electron chi connectivity index (χ2n) is 16.3. The lowest BCUT2D eigenvalue weighted by Gasteiger charge is -2.18. The Morgan fingerprint density at radius 2 is 0.550 bits per heavy atom. The Bertz CT molecular complexity index is 3710. The van der Waals surface area contributed by atoms with E-state index in [2.05, 4.69) is 218 Å². The highest BCUT2D eigenvalue weighted by atomic mass is 14.4. The van der Waals surface area contributed by atoms with Gasteiger partial charge in [0, 0.05) is 0 Å². The summed E-state index contributed by atoms with van der Waals surface area (Å²) in [5.41, 5.74) is 15.2. The molecule has 2 aliphatic carbocycles. The Morgan fingerprint density at radius 3 is 1.10 bits per heavy atom. The maximum Gasteiger partial charge on any atom is -0.000137 e. The molecule has 0 unspecified atom stereocenters. The molecule has 0 saturated heterocycles. The van der Waals surface area contributed by atoms with Crippen molar-refractivity contribution in [3.05, 3.63) is 257 Å². The Hall–Kier alpha value is -7.80. The van der Waals surface area contributed by atoms with Crippen LogP contribution in [0.2, 0.25) is 0 Å². The molecule has 0 aliphatic heterocycles. The molecule has 0 bridgehead atoms. The van der Waals surface area contributed by atoms with Gasteiger partial charge in [0.1, 0.15) is 0 Å². The first-order chi connectivity index (χ1) is 29.8. The van der Waals surface area contributed by atoms with Gasteiger partial charge in [0.05, 0.1) is 0 Å². The van der Waals surface area contributed by atoms with Crippen molar-refractivity contribution in [3.63, 3.8) is 0 Å². The Labute approximate surface area is 348 Å². The van der Waals surface area contributed by atoms with Gasteiger partial charge in [-0.3, -0.25) is 0 Å². The summed E-state index contributed by atoms with van der Waals surface area (Å²) in [6.07, 6.45) is 0. The minimum Gasteiger partial charge on any atom is -0.0622 e. The third-order valence-electron chi connectivity index (χ3n) is 13.1. The minimum atomic E-state index is 1.22. The fourth-order valence-electron chi connectivity index (χ4n) is 10.5. The van der Waals surface area contributed by atoms with Crippen LogP contribution in [0.15, 0.2) is 224 Å². The van der Waals surface area contributed by atoms with Crippen molar-refractivity contribution in [2.75, 3.05) is 0 Å². The highest BCUT2D eigenvalue weighted by Gasteiger charge is 2.40. The monoisotopic (exact) mass is 756 g/mol. The predicted molar refractivity (Wildman–Crippen MR) is 257 cm³/mol. The van der Waals surface area contributed by atoms with Crippen LogP contribution >= 0.6 is 0 Å². The number of rotatable bonds is 4. The summed E-state index contributed by atoms with van der Waals surface area (Å²) in [5, 5.41) is 15.3. The molecule has 2 aliphatic rings. The molecule has 0 heteroatoms. The fourth-order valence-corrected chi connectivity index (χ4v) is 10.5. The topological polar surface area (TPSA) is 0 Å². The van der Waals surface area contributed by atoms with Crippen LogP contribution in [0.5, 0.6) is 0 Å². The van der Waals surface area contributed by atoms with Gasteiger partial charge in [0.15, 0.2) is 0 Å². The molecule has 60 heavy (non-hydrogen) atoms. The standard InChI is InChI=1S/C60H36/c1-4-17-39(18-5-1)55-53-35-43-33-51-48-26-14-12-24-46(48)47-25-13-15-27-49(47)52(51)34-44(43)36-54(53)59-58(42-31-30-38-29-28-37-16-10-11-23-45(37)50(38)32-42)56(40-19-6-2-7-20-40)57(60(55)59)41-21-8-3-9-22-41/h1-36H. The molecule has 0 N–H and O–H groups in total. The average molecular weight is 757 g/mol. The second-order valence-corrected chi connectivity index (χ2v) is 16.3. The Kier molecular flexibility index (Phi) is 7.11. The van der Waals surface area contributed by atoms with Crippen molar-refractivity contribution in [3.8, 4) is 0 Å². The van der Waals surface area contributed by atoms with Crippen molar-refractivity contribution >= 4 is 92.5 Å². The number of benzene rings is 11. The van der Waals surface area contributed by atoms with Gasteiger partial charge in [0.25, 0.3) is 0 Å². The quantitative estimate of drug-likeness (QED) is 0.124. The summed E-state index contributed by atoms with van der Waals surface area (Å²) >= 11 is 0. The molecule has 0 amide bonds. The van der Waals surface area contributed by atoms with E-state index in [1.165, 1.54) is 131 Å². The lowest BCUT2D eigenvalue weighted by Crippen LogP contribution is -1.96. The first-order valence-electron chi connectivity index (χ1n) is 20.9. The zero-order valence-corrected chi connectivity index (χ0v) is 32.8. The number of hydrogen-bond acceptors (Lipinski definition) is 0. The summed E-state index contributed by atoms with van der Waals surface area (Å²) in [7, 11) is 0. The zero-order chi connectivity index (χ0) is 39.3. The lowest BCUT2D eigenvalue weighted by molar-refractivity contribution is 1.55. The van der Waals surface area contributed by atoms with E-state index in [1.54, 1.807) is 0 Å². The van der Waals surface area contributed by atoms with Crippen molar-refractivity contribution in [2.24, 2.45) is 0 Å². The molecule has 0 spiro atoms. The molecule has 276 valence electrons.